The first-order valence-corrected chi connectivity index (χ1v) is 13.0. The zero-order valence-corrected chi connectivity index (χ0v) is 21.3. The number of halogens is 1. The number of ketones is 1. The molecule has 1 aliphatic heterocycles. The Kier molecular flexibility index (Phi) is 6.35. The molecule has 1 atom stereocenters. The SMILES string of the molecule is CC(C)COc1cccc(/C(O)=C2\C(=O)C(=O)N(c3nc4ccc(Cl)cc4s3)C2c2cccs2)c1. The second-order valence-electron chi connectivity index (χ2n) is 8.53. The Morgan fingerprint density at radius 3 is 2.74 bits per heavy atom. The molecule has 1 amide bonds. The molecule has 178 valence electrons. The summed E-state index contributed by atoms with van der Waals surface area (Å²) in [7, 11) is 0. The number of aliphatic hydroxyl groups is 1. The highest BCUT2D eigenvalue weighted by atomic mass is 35.5. The van der Waals surface area contributed by atoms with Crippen LogP contribution in [0.25, 0.3) is 16.0 Å². The van der Waals surface area contributed by atoms with Crippen LogP contribution in [0.2, 0.25) is 5.02 Å². The van der Waals surface area contributed by atoms with E-state index in [4.69, 9.17) is 16.3 Å². The summed E-state index contributed by atoms with van der Waals surface area (Å²) in [5, 5.41) is 14.1. The normalized spacial score (nSPS) is 17.6. The standard InChI is InChI=1S/C26H21ClN2O4S2/c1-14(2)13-33-17-6-3-5-15(11-17)23(30)21-22(19-7-4-10-34-19)29(25(32)24(21)31)26-28-18-9-8-16(27)12-20(18)35-26/h3-12,14,22,30H,13H2,1-2H3/b23-21+. The highest BCUT2D eigenvalue weighted by Gasteiger charge is 2.48. The second-order valence-corrected chi connectivity index (χ2v) is 11.0. The molecule has 2 aromatic heterocycles. The largest absolute Gasteiger partial charge is 0.507 e. The van der Waals surface area contributed by atoms with E-state index in [1.807, 2.05) is 31.4 Å². The highest BCUT2D eigenvalue weighted by Crippen LogP contribution is 2.45. The molecule has 35 heavy (non-hydrogen) atoms. The molecule has 0 bridgehead atoms. The third kappa shape index (κ3) is 4.45. The maximum Gasteiger partial charge on any atom is 0.301 e. The second kappa shape index (κ2) is 9.45. The van der Waals surface area contributed by atoms with Crippen molar-refractivity contribution in [1.29, 1.82) is 0 Å². The Morgan fingerprint density at radius 2 is 2.00 bits per heavy atom. The molecule has 2 aromatic carbocycles. The van der Waals surface area contributed by atoms with Gasteiger partial charge in [-0.25, -0.2) is 4.98 Å². The van der Waals surface area contributed by atoms with Gasteiger partial charge in [-0.2, -0.15) is 0 Å². The molecular formula is C26H21ClN2O4S2. The smallest absolute Gasteiger partial charge is 0.301 e. The molecule has 3 heterocycles. The number of thiazole rings is 1. The first-order chi connectivity index (χ1) is 16.8. The van der Waals surface area contributed by atoms with Crippen molar-refractivity contribution in [3.63, 3.8) is 0 Å². The zero-order chi connectivity index (χ0) is 24.7. The van der Waals surface area contributed by atoms with Gasteiger partial charge in [-0.15, -0.1) is 11.3 Å². The number of Topliss-reactive ketones (excluding diaryl/α,β-unsaturated/α-hetero) is 1. The van der Waals surface area contributed by atoms with Crippen molar-refractivity contribution in [1.82, 2.24) is 4.98 Å². The van der Waals surface area contributed by atoms with E-state index in [0.717, 1.165) is 9.58 Å². The molecule has 1 unspecified atom stereocenters. The summed E-state index contributed by atoms with van der Waals surface area (Å²) in [4.78, 5) is 33.3. The maximum absolute atomic E-state index is 13.3. The molecule has 0 saturated carbocycles. The number of hydrogen-bond acceptors (Lipinski definition) is 7. The van der Waals surface area contributed by atoms with Gasteiger partial charge in [0, 0.05) is 15.5 Å². The highest BCUT2D eigenvalue weighted by molar-refractivity contribution is 7.22. The maximum atomic E-state index is 13.3. The van der Waals surface area contributed by atoms with Crippen molar-refractivity contribution in [2.24, 2.45) is 5.92 Å². The Balaban J connectivity index is 1.63. The molecular weight excluding hydrogens is 504 g/mol. The van der Waals surface area contributed by atoms with Crippen molar-refractivity contribution in [2.45, 2.75) is 19.9 Å². The third-order valence-corrected chi connectivity index (χ3v) is 7.67. The summed E-state index contributed by atoms with van der Waals surface area (Å²) in [5.41, 5.74) is 1.11. The fourth-order valence-electron chi connectivity index (χ4n) is 3.89. The minimum Gasteiger partial charge on any atom is -0.507 e. The molecule has 4 aromatic rings. The van der Waals surface area contributed by atoms with Crippen LogP contribution in [0, 0.1) is 5.92 Å². The number of aromatic nitrogens is 1. The van der Waals surface area contributed by atoms with Crippen LogP contribution in [0.4, 0.5) is 5.13 Å². The van der Waals surface area contributed by atoms with Crippen LogP contribution in [0.1, 0.15) is 30.3 Å². The van der Waals surface area contributed by atoms with Gasteiger partial charge in [-0.3, -0.25) is 14.5 Å². The lowest BCUT2D eigenvalue weighted by atomic mass is 10.00. The molecule has 0 radical (unpaired) electrons. The predicted molar refractivity (Wildman–Crippen MR) is 141 cm³/mol. The van der Waals surface area contributed by atoms with Gasteiger partial charge in [0.1, 0.15) is 17.6 Å². The van der Waals surface area contributed by atoms with Gasteiger partial charge in [0.05, 0.1) is 22.4 Å². The van der Waals surface area contributed by atoms with Crippen LogP contribution in [0.15, 0.2) is 65.6 Å². The van der Waals surface area contributed by atoms with Gasteiger partial charge < -0.3 is 9.84 Å². The van der Waals surface area contributed by atoms with E-state index < -0.39 is 17.7 Å². The molecule has 1 saturated heterocycles. The first kappa shape index (κ1) is 23.5. The van der Waals surface area contributed by atoms with Crippen molar-refractivity contribution >= 4 is 67.1 Å². The topological polar surface area (TPSA) is 79.7 Å². The molecule has 5 rings (SSSR count). The number of fused-ring (bicyclic) bond motifs is 1. The summed E-state index contributed by atoms with van der Waals surface area (Å²) >= 11 is 8.81. The average Bonchev–Trinajstić information content (AvgIpc) is 3.56. The monoisotopic (exact) mass is 524 g/mol. The zero-order valence-electron chi connectivity index (χ0n) is 18.9. The van der Waals surface area contributed by atoms with E-state index in [2.05, 4.69) is 4.98 Å². The summed E-state index contributed by atoms with van der Waals surface area (Å²) in [5.74, 6) is -0.829. The van der Waals surface area contributed by atoms with Gasteiger partial charge in [0.15, 0.2) is 5.13 Å². The minimum absolute atomic E-state index is 0.0238. The minimum atomic E-state index is -0.800. The van der Waals surface area contributed by atoms with Crippen LogP contribution in [-0.4, -0.2) is 28.4 Å². The number of anilines is 1. The first-order valence-electron chi connectivity index (χ1n) is 11.0. The fourth-order valence-corrected chi connectivity index (χ4v) is 5.98. The molecule has 0 spiro atoms. The molecule has 1 N–H and O–H groups in total. The molecule has 0 aliphatic carbocycles. The van der Waals surface area contributed by atoms with Gasteiger partial charge in [0.25, 0.3) is 5.78 Å². The van der Waals surface area contributed by atoms with Crippen LogP contribution >= 0.6 is 34.3 Å². The number of thiophene rings is 1. The molecule has 1 aliphatic rings. The summed E-state index contributed by atoms with van der Waals surface area (Å²) in [6.07, 6.45) is 0. The number of benzene rings is 2. The van der Waals surface area contributed by atoms with Crippen LogP contribution in [0.5, 0.6) is 5.75 Å². The fraction of sp³-hybridized carbons (Fsp3) is 0.192. The molecule has 1 fully saturated rings. The number of carbonyl (C=O) groups excluding carboxylic acids is 2. The van der Waals surface area contributed by atoms with E-state index in [0.29, 0.717) is 39.5 Å². The van der Waals surface area contributed by atoms with Crippen molar-refractivity contribution in [3.8, 4) is 5.75 Å². The van der Waals surface area contributed by atoms with E-state index in [9.17, 15) is 14.7 Å². The van der Waals surface area contributed by atoms with Gasteiger partial charge in [-0.05, 0) is 47.7 Å². The number of nitrogens with zero attached hydrogens (tertiary/aromatic N) is 2. The third-order valence-electron chi connectivity index (χ3n) is 5.49. The van der Waals surface area contributed by atoms with Gasteiger partial charge in [-0.1, -0.05) is 55.0 Å². The Labute approximate surface area is 215 Å². The summed E-state index contributed by atoms with van der Waals surface area (Å²) in [6, 6.07) is 15.1. The van der Waals surface area contributed by atoms with E-state index >= 15 is 0 Å². The average molecular weight is 525 g/mol. The lowest BCUT2D eigenvalue weighted by Crippen LogP contribution is -2.28. The van der Waals surface area contributed by atoms with E-state index in [-0.39, 0.29) is 11.3 Å². The van der Waals surface area contributed by atoms with Crippen molar-refractivity contribution in [2.75, 3.05) is 11.5 Å². The summed E-state index contributed by atoms with van der Waals surface area (Å²) in [6.45, 7) is 4.61. The van der Waals surface area contributed by atoms with Crippen molar-refractivity contribution < 1.29 is 19.4 Å². The lowest BCUT2D eigenvalue weighted by Gasteiger charge is -2.21. The number of amides is 1. The van der Waals surface area contributed by atoms with E-state index in [1.54, 1.807) is 42.5 Å². The predicted octanol–water partition coefficient (Wildman–Crippen LogP) is 6.67. The van der Waals surface area contributed by atoms with Gasteiger partial charge >= 0.3 is 5.91 Å². The Morgan fingerprint density at radius 1 is 1.17 bits per heavy atom. The van der Waals surface area contributed by atoms with Crippen LogP contribution < -0.4 is 9.64 Å². The van der Waals surface area contributed by atoms with Crippen LogP contribution in [0.3, 0.4) is 0 Å². The quantitative estimate of drug-likeness (QED) is 0.173. The number of rotatable bonds is 6. The molecule has 6 nitrogen and oxygen atoms in total. The number of ether oxygens (including phenoxy) is 1. The summed E-state index contributed by atoms with van der Waals surface area (Å²) < 4.78 is 6.59. The van der Waals surface area contributed by atoms with Crippen LogP contribution in [-0.2, 0) is 9.59 Å². The number of carbonyl (C=O) groups is 2. The molecule has 9 heteroatoms. The number of hydrogen-bond donors (Lipinski definition) is 1. The Hall–Kier alpha value is -3.20. The van der Waals surface area contributed by atoms with Crippen molar-refractivity contribution in [3.05, 3.63) is 81.0 Å². The van der Waals surface area contributed by atoms with E-state index in [1.165, 1.54) is 27.6 Å². The number of aliphatic hydroxyl groups excluding tert-OH is 1. The van der Waals surface area contributed by atoms with Gasteiger partial charge in [0.2, 0.25) is 0 Å². The Bertz CT molecular complexity index is 1460. The lowest BCUT2D eigenvalue weighted by molar-refractivity contribution is -0.132.